The highest BCUT2D eigenvalue weighted by atomic mass is 16.5. The Kier molecular flexibility index (Phi) is 7.10. The predicted octanol–water partition coefficient (Wildman–Crippen LogP) is 4.67. The first-order valence-corrected chi connectivity index (χ1v) is 11.5. The quantitative estimate of drug-likeness (QED) is 0.438. The van der Waals surface area contributed by atoms with Gasteiger partial charge in [0.25, 0.3) is 5.91 Å². The second-order valence-electron chi connectivity index (χ2n) is 8.53. The number of carbonyl (C=O) groups is 3. The molecule has 3 N–H and O–H groups in total. The summed E-state index contributed by atoms with van der Waals surface area (Å²) in [5.74, 6) is -1.94. The Balaban J connectivity index is 1.40. The Morgan fingerprint density at radius 2 is 1.60 bits per heavy atom. The zero-order chi connectivity index (χ0) is 24.9. The zero-order valence-corrected chi connectivity index (χ0v) is 19.5. The summed E-state index contributed by atoms with van der Waals surface area (Å²) in [7, 11) is 0. The second kappa shape index (κ2) is 10.4. The number of pyridine rings is 1. The fraction of sp³-hybridized carbons (Fsp3) is 0.259. The summed E-state index contributed by atoms with van der Waals surface area (Å²) in [4.78, 5) is 40.7. The number of hydrogen-bond donors (Lipinski definition) is 3. The van der Waals surface area contributed by atoms with E-state index in [2.05, 4.69) is 27.8 Å². The van der Waals surface area contributed by atoms with E-state index in [0.717, 1.165) is 22.3 Å². The van der Waals surface area contributed by atoms with Gasteiger partial charge in [-0.05, 0) is 40.3 Å². The van der Waals surface area contributed by atoms with Crippen molar-refractivity contribution in [2.24, 2.45) is 5.92 Å². The Bertz CT molecular complexity index is 1210. The van der Waals surface area contributed by atoms with Gasteiger partial charge in [-0.15, -0.1) is 0 Å². The van der Waals surface area contributed by atoms with Crippen molar-refractivity contribution in [3.05, 3.63) is 83.6 Å². The van der Waals surface area contributed by atoms with Crippen LogP contribution in [0.2, 0.25) is 0 Å². The number of carboxylic acids is 1. The number of nitrogens with one attached hydrogen (secondary N) is 2. The first-order chi connectivity index (χ1) is 16.9. The van der Waals surface area contributed by atoms with Gasteiger partial charge in [-0.3, -0.25) is 10.1 Å². The number of aromatic nitrogens is 1. The van der Waals surface area contributed by atoms with E-state index in [4.69, 9.17) is 4.74 Å². The van der Waals surface area contributed by atoms with Gasteiger partial charge in [0.05, 0.1) is 0 Å². The molecule has 1 aromatic heterocycles. The summed E-state index contributed by atoms with van der Waals surface area (Å²) >= 11 is 0. The average Bonchev–Trinajstić information content (AvgIpc) is 3.19. The number of nitrogens with zero attached hydrogens (tertiary/aromatic N) is 1. The molecule has 0 spiro atoms. The SMILES string of the molecule is CC[C@H](C)[C@H](NC(=O)c1cccc(NC(=O)OCC2c3ccccc3-c3ccccc32)n1)C(=O)O. The van der Waals surface area contributed by atoms with Gasteiger partial charge in [-0.25, -0.2) is 14.6 Å². The van der Waals surface area contributed by atoms with Crippen LogP contribution in [0.25, 0.3) is 11.1 Å². The molecule has 0 aliphatic heterocycles. The molecule has 8 nitrogen and oxygen atoms in total. The standard InChI is InChI=1S/C27H27N3O5/c1-3-16(2)24(26(32)33)30-25(31)22-13-8-14-23(28-22)29-27(34)35-15-21-19-11-6-4-9-17(19)18-10-5-7-12-20(18)21/h4-14,16,21,24H,3,15H2,1-2H3,(H,30,31)(H,32,33)(H,28,29,34)/t16-,24-/m0/s1. The molecule has 4 rings (SSSR count). The molecule has 180 valence electrons. The number of amides is 2. The van der Waals surface area contributed by atoms with Crippen molar-refractivity contribution in [1.29, 1.82) is 0 Å². The monoisotopic (exact) mass is 473 g/mol. The molecule has 1 aliphatic rings. The fourth-order valence-corrected chi connectivity index (χ4v) is 4.27. The largest absolute Gasteiger partial charge is 0.480 e. The Hall–Kier alpha value is -4.20. The molecule has 1 aliphatic carbocycles. The lowest BCUT2D eigenvalue weighted by Crippen LogP contribution is -2.45. The minimum Gasteiger partial charge on any atom is -0.480 e. The van der Waals surface area contributed by atoms with Crippen LogP contribution in [0.3, 0.4) is 0 Å². The highest BCUT2D eigenvalue weighted by molar-refractivity contribution is 5.95. The first-order valence-electron chi connectivity index (χ1n) is 11.5. The Morgan fingerprint density at radius 1 is 0.971 bits per heavy atom. The highest BCUT2D eigenvalue weighted by Crippen LogP contribution is 2.44. The van der Waals surface area contributed by atoms with Crippen molar-refractivity contribution >= 4 is 23.8 Å². The zero-order valence-electron chi connectivity index (χ0n) is 19.5. The molecule has 2 aromatic carbocycles. The third-order valence-electron chi connectivity index (χ3n) is 6.32. The topological polar surface area (TPSA) is 118 Å². The summed E-state index contributed by atoms with van der Waals surface area (Å²) < 4.78 is 5.52. The Morgan fingerprint density at radius 3 is 2.20 bits per heavy atom. The summed E-state index contributed by atoms with van der Waals surface area (Å²) in [5, 5.41) is 14.5. The van der Waals surface area contributed by atoms with E-state index in [1.807, 2.05) is 43.3 Å². The molecule has 0 saturated carbocycles. The normalized spacial score (nSPS) is 13.8. The average molecular weight is 474 g/mol. The van der Waals surface area contributed by atoms with Crippen LogP contribution < -0.4 is 10.6 Å². The number of ether oxygens (including phenoxy) is 1. The maximum Gasteiger partial charge on any atom is 0.412 e. The molecule has 0 saturated heterocycles. The van der Waals surface area contributed by atoms with Gasteiger partial charge in [0.15, 0.2) is 0 Å². The molecular formula is C27H27N3O5. The van der Waals surface area contributed by atoms with Crippen LogP contribution in [0.4, 0.5) is 10.6 Å². The van der Waals surface area contributed by atoms with Gasteiger partial charge in [0, 0.05) is 5.92 Å². The van der Waals surface area contributed by atoms with Gasteiger partial charge >= 0.3 is 12.1 Å². The number of carbonyl (C=O) groups excluding carboxylic acids is 2. The summed E-state index contributed by atoms with van der Waals surface area (Å²) in [6.07, 6.45) is -0.103. The van der Waals surface area contributed by atoms with E-state index in [9.17, 15) is 19.5 Å². The minimum absolute atomic E-state index is 0.00370. The van der Waals surface area contributed by atoms with Crippen molar-refractivity contribution in [3.63, 3.8) is 0 Å². The van der Waals surface area contributed by atoms with Gasteiger partial charge in [-0.1, -0.05) is 74.9 Å². The summed E-state index contributed by atoms with van der Waals surface area (Å²) in [6.45, 7) is 3.75. The van der Waals surface area contributed by atoms with Crippen LogP contribution >= 0.6 is 0 Å². The van der Waals surface area contributed by atoms with Crippen LogP contribution in [-0.2, 0) is 9.53 Å². The van der Waals surface area contributed by atoms with Crippen LogP contribution in [0, 0.1) is 5.92 Å². The summed E-state index contributed by atoms with van der Waals surface area (Å²) in [5.41, 5.74) is 4.47. The lowest BCUT2D eigenvalue weighted by atomic mass is 9.98. The maximum absolute atomic E-state index is 12.6. The smallest absolute Gasteiger partial charge is 0.412 e. The molecule has 0 radical (unpaired) electrons. The molecule has 2 atom stereocenters. The van der Waals surface area contributed by atoms with Gasteiger partial charge in [-0.2, -0.15) is 0 Å². The number of hydrogen-bond acceptors (Lipinski definition) is 5. The van der Waals surface area contributed by atoms with E-state index < -0.39 is 24.0 Å². The van der Waals surface area contributed by atoms with Crippen molar-refractivity contribution < 1.29 is 24.2 Å². The van der Waals surface area contributed by atoms with E-state index in [0.29, 0.717) is 6.42 Å². The van der Waals surface area contributed by atoms with Crippen LogP contribution in [0.1, 0.15) is 47.8 Å². The number of fused-ring (bicyclic) bond motifs is 3. The molecule has 0 bridgehead atoms. The minimum atomic E-state index is -1.11. The van der Waals surface area contributed by atoms with Crippen LogP contribution in [-0.4, -0.2) is 40.7 Å². The molecule has 1 heterocycles. The maximum atomic E-state index is 12.6. The highest BCUT2D eigenvalue weighted by Gasteiger charge is 2.29. The van der Waals surface area contributed by atoms with Gasteiger partial charge in [0.1, 0.15) is 24.2 Å². The van der Waals surface area contributed by atoms with E-state index in [1.54, 1.807) is 13.0 Å². The van der Waals surface area contributed by atoms with Crippen molar-refractivity contribution in [2.45, 2.75) is 32.2 Å². The first kappa shape index (κ1) is 23.9. The molecule has 0 fully saturated rings. The molecule has 3 aromatic rings. The number of aliphatic carboxylic acids is 1. The third kappa shape index (κ3) is 5.16. The number of rotatable bonds is 8. The summed E-state index contributed by atoms with van der Waals surface area (Å²) in [6, 6.07) is 19.6. The molecular weight excluding hydrogens is 446 g/mol. The molecule has 35 heavy (non-hydrogen) atoms. The van der Waals surface area contributed by atoms with Crippen molar-refractivity contribution in [2.75, 3.05) is 11.9 Å². The molecule has 2 amide bonds. The van der Waals surface area contributed by atoms with Gasteiger partial charge in [0.2, 0.25) is 0 Å². The lowest BCUT2D eigenvalue weighted by Gasteiger charge is -2.20. The fourth-order valence-electron chi connectivity index (χ4n) is 4.27. The molecule has 0 unspecified atom stereocenters. The predicted molar refractivity (Wildman–Crippen MR) is 131 cm³/mol. The van der Waals surface area contributed by atoms with Crippen LogP contribution in [0.15, 0.2) is 66.7 Å². The number of carboxylic acid groups (broad SMARTS) is 1. The van der Waals surface area contributed by atoms with Crippen LogP contribution in [0.5, 0.6) is 0 Å². The van der Waals surface area contributed by atoms with Gasteiger partial charge < -0.3 is 15.2 Å². The third-order valence-corrected chi connectivity index (χ3v) is 6.32. The number of benzene rings is 2. The number of anilines is 1. The van der Waals surface area contributed by atoms with E-state index in [1.165, 1.54) is 12.1 Å². The molecule has 8 heteroatoms. The van der Waals surface area contributed by atoms with E-state index >= 15 is 0 Å². The second-order valence-corrected chi connectivity index (χ2v) is 8.53. The Labute approximate surface area is 203 Å². The van der Waals surface area contributed by atoms with Crippen molar-refractivity contribution in [1.82, 2.24) is 10.3 Å². The van der Waals surface area contributed by atoms with E-state index in [-0.39, 0.29) is 30.0 Å². The lowest BCUT2D eigenvalue weighted by molar-refractivity contribution is -0.140. The van der Waals surface area contributed by atoms with Crippen molar-refractivity contribution in [3.8, 4) is 11.1 Å².